The van der Waals surface area contributed by atoms with Crippen molar-refractivity contribution in [2.45, 2.75) is 0 Å². The SMILES string of the molecule is OCCOCCNc1ncnc2[nH]ncc12. The number of nitrogens with one attached hydrogen (secondary N) is 2. The molecule has 7 heteroatoms. The summed E-state index contributed by atoms with van der Waals surface area (Å²) in [5, 5.41) is 19.1. The molecule has 86 valence electrons. The fraction of sp³-hybridized carbons (Fsp3) is 0.444. The summed E-state index contributed by atoms with van der Waals surface area (Å²) < 4.78 is 5.12. The highest BCUT2D eigenvalue weighted by Gasteiger charge is 2.03. The van der Waals surface area contributed by atoms with E-state index in [0.29, 0.717) is 25.4 Å². The fourth-order valence-corrected chi connectivity index (χ4v) is 1.31. The summed E-state index contributed by atoms with van der Waals surface area (Å²) in [5.74, 6) is 0.728. The number of hydrogen-bond acceptors (Lipinski definition) is 6. The molecule has 0 amide bonds. The Kier molecular flexibility index (Phi) is 3.62. The third-order valence-corrected chi connectivity index (χ3v) is 2.02. The summed E-state index contributed by atoms with van der Waals surface area (Å²) in [7, 11) is 0. The summed E-state index contributed by atoms with van der Waals surface area (Å²) >= 11 is 0. The van der Waals surface area contributed by atoms with E-state index in [9.17, 15) is 0 Å². The monoisotopic (exact) mass is 223 g/mol. The van der Waals surface area contributed by atoms with Crippen molar-refractivity contribution in [1.82, 2.24) is 20.2 Å². The number of anilines is 1. The van der Waals surface area contributed by atoms with Gasteiger partial charge in [0.05, 0.1) is 31.4 Å². The highest BCUT2D eigenvalue weighted by Crippen LogP contribution is 2.15. The van der Waals surface area contributed by atoms with E-state index in [1.807, 2.05) is 0 Å². The number of aromatic amines is 1. The second-order valence-corrected chi connectivity index (χ2v) is 3.12. The van der Waals surface area contributed by atoms with Gasteiger partial charge in [-0.15, -0.1) is 0 Å². The van der Waals surface area contributed by atoms with Crippen molar-refractivity contribution in [2.24, 2.45) is 0 Å². The lowest BCUT2D eigenvalue weighted by Crippen LogP contribution is -2.12. The molecule has 7 nitrogen and oxygen atoms in total. The van der Waals surface area contributed by atoms with E-state index in [-0.39, 0.29) is 6.61 Å². The van der Waals surface area contributed by atoms with Gasteiger partial charge in [0.25, 0.3) is 0 Å². The minimum Gasteiger partial charge on any atom is -0.394 e. The fourth-order valence-electron chi connectivity index (χ4n) is 1.31. The zero-order valence-electron chi connectivity index (χ0n) is 8.68. The van der Waals surface area contributed by atoms with E-state index >= 15 is 0 Å². The first-order valence-corrected chi connectivity index (χ1v) is 4.98. The van der Waals surface area contributed by atoms with Crippen LogP contribution in [-0.2, 0) is 4.74 Å². The van der Waals surface area contributed by atoms with Crippen LogP contribution in [0.5, 0.6) is 0 Å². The van der Waals surface area contributed by atoms with Crippen LogP contribution < -0.4 is 5.32 Å². The van der Waals surface area contributed by atoms with Gasteiger partial charge in [-0.2, -0.15) is 5.10 Å². The molecule has 0 atom stereocenters. The van der Waals surface area contributed by atoms with Crippen molar-refractivity contribution >= 4 is 16.9 Å². The first-order chi connectivity index (χ1) is 7.92. The number of aliphatic hydroxyl groups excluding tert-OH is 1. The number of fused-ring (bicyclic) bond motifs is 1. The zero-order chi connectivity index (χ0) is 11.2. The molecule has 2 heterocycles. The number of H-pyrrole nitrogens is 1. The van der Waals surface area contributed by atoms with Crippen molar-refractivity contribution < 1.29 is 9.84 Å². The standard InChI is InChI=1S/C9H13N5O2/c15-2-4-16-3-1-10-8-7-5-13-14-9(7)12-6-11-8/h5-6,15H,1-4H2,(H2,10,11,12,13,14). The third-order valence-electron chi connectivity index (χ3n) is 2.02. The first kappa shape index (κ1) is 10.8. The maximum atomic E-state index is 8.52. The molecular formula is C9H13N5O2. The number of ether oxygens (including phenoxy) is 1. The Morgan fingerprint density at radius 3 is 3.19 bits per heavy atom. The van der Waals surface area contributed by atoms with Gasteiger partial charge in [0.1, 0.15) is 12.1 Å². The lowest BCUT2D eigenvalue weighted by molar-refractivity contribution is 0.0992. The number of rotatable bonds is 6. The molecule has 0 fully saturated rings. The van der Waals surface area contributed by atoms with Crippen LogP contribution in [0.25, 0.3) is 11.0 Å². The smallest absolute Gasteiger partial charge is 0.160 e. The van der Waals surface area contributed by atoms with E-state index in [1.54, 1.807) is 6.20 Å². The van der Waals surface area contributed by atoms with Gasteiger partial charge in [0.15, 0.2) is 5.65 Å². The molecule has 2 rings (SSSR count). The minimum absolute atomic E-state index is 0.0412. The van der Waals surface area contributed by atoms with Gasteiger partial charge in [0, 0.05) is 6.54 Å². The van der Waals surface area contributed by atoms with Gasteiger partial charge >= 0.3 is 0 Å². The molecule has 0 radical (unpaired) electrons. The number of aromatic nitrogens is 4. The van der Waals surface area contributed by atoms with Gasteiger partial charge in [-0.05, 0) is 0 Å². The average Bonchev–Trinajstić information content (AvgIpc) is 2.77. The number of aliphatic hydroxyl groups is 1. The molecule has 2 aromatic heterocycles. The molecule has 0 unspecified atom stereocenters. The van der Waals surface area contributed by atoms with Gasteiger partial charge in [0.2, 0.25) is 0 Å². The maximum absolute atomic E-state index is 8.52. The van der Waals surface area contributed by atoms with Crippen molar-refractivity contribution in [3.63, 3.8) is 0 Å². The Hall–Kier alpha value is -1.73. The van der Waals surface area contributed by atoms with Gasteiger partial charge in [-0.1, -0.05) is 0 Å². The number of hydrogen-bond donors (Lipinski definition) is 3. The van der Waals surface area contributed by atoms with Crippen LogP contribution in [0.4, 0.5) is 5.82 Å². The predicted molar refractivity (Wildman–Crippen MR) is 58.1 cm³/mol. The Morgan fingerprint density at radius 2 is 2.31 bits per heavy atom. The van der Waals surface area contributed by atoms with E-state index in [1.165, 1.54) is 6.33 Å². The van der Waals surface area contributed by atoms with Crippen molar-refractivity contribution in [1.29, 1.82) is 0 Å². The van der Waals surface area contributed by atoms with Gasteiger partial charge in [-0.3, -0.25) is 5.10 Å². The first-order valence-electron chi connectivity index (χ1n) is 4.98. The third kappa shape index (κ3) is 2.44. The average molecular weight is 223 g/mol. The van der Waals surface area contributed by atoms with E-state index < -0.39 is 0 Å². The molecule has 0 bridgehead atoms. The van der Waals surface area contributed by atoms with E-state index in [2.05, 4.69) is 25.5 Å². The molecular weight excluding hydrogens is 210 g/mol. The molecule has 0 aliphatic rings. The van der Waals surface area contributed by atoms with Crippen LogP contribution in [0.15, 0.2) is 12.5 Å². The van der Waals surface area contributed by atoms with Gasteiger partial charge < -0.3 is 15.2 Å². The summed E-state index contributed by atoms with van der Waals surface area (Å²) in [6.45, 7) is 1.53. The van der Waals surface area contributed by atoms with Crippen LogP contribution in [0.2, 0.25) is 0 Å². The maximum Gasteiger partial charge on any atom is 0.160 e. The molecule has 0 saturated carbocycles. The zero-order valence-corrected chi connectivity index (χ0v) is 8.68. The van der Waals surface area contributed by atoms with Crippen LogP contribution in [0, 0.1) is 0 Å². The van der Waals surface area contributed by atoms with Gasteiger partial charge in [-0.25, -0.2) is 9.97 Å². The molecule has 0 aliphatic heterocycles. The second kappa shape index (κ2) is 5.38. The summed E-state index contributed by atoms with van der Waals surface area (Å²) in [6.07, 6.45) is 3.14. The van der Waals surface area contributed by atoms with Crippen LogP contribution in [0.3, 0.4) is 0 Å². The highest BCUT2D eigenvalue weighted by atomic mass is 16.5. The number of nitrogens with zero attached hydrogens (tertiary/aromatic N) is 3. The molecule has 0 aliphatic carbocycles. The Balaban J connectivity index is 1.91. The van der Waals surface area contributed by atoms with E-state index in [4.69, 9.17) is 9.84 Å². The highest BCUT2D eigenvalue weighted by molar-refractivity contribution is 5.85. The minimum atomic E-state index is 0.0412. The van der Waals surface area contributed by atoms with Crippen LogP contribution in [0.1, 0.15) is 0 Å². The van der Waals surface area contributed by atoms with Crippen molar-refractivity contribution in [2.75, 3.05) is 31.7 Å². The van der Waals surface area contributed by atoms with Crippen LogP contribution in [-0.4, -0.2) is 51.6 Å². The lowest BCUT2D eigenvalue weighted by atomic mass is 10.4. The summed E-state index contributed by atoms with van der Waals surface area (Å²) in [4.78, 5) is 8.14. The molecule has 0 saturated heterocycles. The Bertz CT molecular complexity index is 444. The summed E-state index contributed by atoms with van der Waals surface area (Å²) in [6, 6.07) is 0. The van der Waals surface area contributed by atoms with Crippen molar-refractivity contribution in [3.8, 4) is 0 Å². The molecule has 3 N–H and O–H groups in total. The molecule has 0 aromatic carbocycles. The normalized spacial score (nSPS) is 10.8. The Morgan fingerprint density at radius 1 is 1.38 bits per heavy atom. The van der Waals surface area contributed by atoms with Crippen LogP contribution >= 0.6 is 0 Å². The molecule has 16 heavy (non-hydrogen) atoms. The topological polar surface area (TPSA) is 96.0 Å². The van der Waals surface area contributed by atoms with E-state index in [0.717, 1.165) is 11.2 Å². The lowest BCUT2D eigenvalue weighted by Gasteiger charge is -2.05. The Labute approximate surface area is 91.9 Å². The largest absolute Gasteiger partial charge is 0.394 e. The summed E-state index contributed by atoms with van der Waals surface area (Å²) in [5.41, 5.74) is 0.703. The molecule has 0 spiro atoms. The predicted octanol–water partition coefficient (Wildman–Crippen LogP) is -0.226. The molecule has 2 aromatic rings. The quantitative estimate of drug-likeness (QED) is 0.586. The second-order valence-electron chi connectivity index (χ2n) is 3.12. The van der Waals surface area contributed by atoms with Crippen molar-refractivity contribution in [3.05, 3.63) is 12.5 Å².